The second kappa shape index (κ2) is 5.99. The van der Waals surface area contributed by atoms with Gasteiger partial charge in [0, 0.05) is 11.4 Å². The van der Waals surface area contributed by atoms with Crippen LogP contribution in [0.3, 0.4) is 0 Å². The van der Waals surface area contributed by atoms with E-state index in [1.807, 2.05) is 0 Å². The number of benzene rings is 1. The first-order valence-electron chi connectivity index (χ1n) is 5.08. The number of hydrogen-bond acceptors (Lipinski definition) is 3. The number of aryl methyl sites for hydroxylation is 1. The van der Waals surface area contributed by atoms with E-state index in [9.17, 15) is 15.0 Å². The molecular weight excluding hydrogens is 228 g/mol. The van der Waals surface area contributed by atoms with Gasteiger partial charge in [-0.3, -0.25) is 4.79 Å². The fraction of sp³-hybridized carbons (Fsp3) is 0.417. The van der Waals surface area contributed by atoms with Crippen molar-refractivity contribution in [2.24, 2.45) is 0 Å². The van der Waals surface area contributed by atoms with Gasteiger partial charge in [0.15, 0.2) is 0 Å². The molecule has 0 heterocycles. The van der Waals surface area contributed by atoms with E-state index in [1.54, 1.807) is 25.1 Å². The molecule has 3 nitrogen and oxygen atoms in total. The first-order chi connectivity index (χ1) is 7.60. The highest BCUT2D eigenvalue weighted by atomic mass is 35.5. The van der Waals surface area contributed by atoms with Crippen LogP contribution in [0.2, 0.25) is 0 Å². The van der Waals surface area contributed by atoms with Gasteiger partial charge in [0.25, 0.3) is 0 Å². The molecule has 2 unspecified atom stereocenters. The van der Waals surface area contributed by atoms with Crippen LogP contribution in [-0.4, -0.2) is 28.5 Å². The second-order valence-corrected chi connectivity index (χ2v) is 4.10. The molecule has 0 amide bonds. The van der Waals surface area contributed by atoms with Crippen LogP contribution in [0.15, 0.2) is 18.2 Å². The minimum Gasteiger partial charge on any atom is -0.390 e. The summed E-state index contributed by atoms with van der Waals surface area (Å²) >= 11 is 5.50. The summed E-state index contributed by atoms with van der Waals surface area (Å²) in [7, 11) is 0. The third-order valence-electron chi connectivity index (χ3n) is 2.52. The molecule has 1 aromatic rings. The lowest BCUT2D eigenvalue weighted by Crippen LogP contribution is -2.19. The Morgan fingerprint density at radius 1 is 1.44 bits per heavy atom. The monoisotopic (exact) mass is 242 g/mol. The summed E-state index contributed by atoms with van der Waals surface area (Å²) in [5, 5.41) is 19.5. The highest BCUT2D eigenvalue weighted by Gasteiger charge is 2.19. The van der Waals surface area contributed by atoms with Crippen molar-refractivity contribution < 1.29 is 15.0 Å². The van der Waals surface area contributed by atoms with E-state index in [2.05, 4.69) is 0 Å². The average molecular weight is 243 g/mol. The largest absolute Gasteiger partial charge is 0.390 e. The number of aldehydes is 1. The number of halogens is 1. The van der Waals surface area contributed by atoms with Crippen molar-refractivity contribution >= 4 is 17.9 Å². The molecule has 1 rings (SSSR count). The maximum absolute atomic E-state index is 10.5. The molecular formula is C12H15ClO3. The Bertz CT molecular complexity index is 365. The maximum atomic E-state index is 10.5. The van der Waals surface area contributed by atoms with Crippen LogP contribution >= 0.6 is 11.6 Å². The van der Waals surface area contributed by atoms with E-state index >= 15 is 0 Å². The predicted octanol–water partition coefficient (Wildman–Crippen LogP) is 1.83. The van der Waals surface area contributed by atoms with Gasteiger partial charge < -0.3 is 10.2 Å². The molecule has 0 aliphatic heterocycles. The summed E-state index contributed by atoms with van der Waals surface area (Å²) in [5.41, 5.74) is 1.97. The van der Waals surface area contributed by atoms with E-state index in [0.29, 0.717) is 23.4 Å². The number of aliphatic hydroxyl groups is 2. The van der Waals surface area contributed by atoms with Gasteiger partial charge in [-0.2, -0.15) is 0 Å². The molecule has 0 radical (unpaired) electrons. The van der Waals surface area contributed by atoms with Crippen LogP contribution in [0.1, 0.15) is 34.0 Å². The Labute approximate surface area is 99.7 Å². The molecule has 88 valence electrons. The zero-order chi connectivity index (χ0) is 12.1. The molecule has 16 heavy (non-hydrogen) atoms. The summed E-state index contributed by atoms with van der Waals surface area (Å²) in [5.74, 6) is 0.295. The number of carbonyl (C=O) groups excluding carboxylic acids is 1. The topological polar surface area (TPSA) is 57.5 Å². The molecule has 0 spiro atoms. The van der Waals surface area contributed by atoms with Crippen LogP contribution < -0.4 is 0 Å². The summed E-state index contributed by atoms with van der Waals surface area (Å²) in [6.45, 7) is 1.79. The van der Waals surface area contributed by atoms with Crippen LogP contribution in [0.5, 0.6) is 0 Å². The van der Waals surface area contributed by atoms with Crippen LogP contribution in [0.25, 0.3) is 0 Å². The zero-order valence-electron chi connectivity index (χ0n) is 9.06. The summed E-state index contributed by atoms with van der Waals surface area (Å²) in [4.78, 5) is 10.5. The molecule has 0 aromatic heterocycles. The standard InChI is InChI=1S/C12H15ClO3/c1-8-6-9(7-14)2-3-10(8)12(16)11(15)4-5-13/h2-3,6-7,11-12,15-16H,4-5H2,1H3. The molecule has 0 saturated heterocycles. The molecule has 0 aliphatic rings. The lowest BCUT2D eigenvalue weighted by Gasteiger charge is -2.19. The normalized spacial score (nSPS) is 14.5. The van der Waals surface area contributed by atoms with Crippen molar-refractivity contribution in [2.45, 2.75) is 25.6 Å². The maximum Gasteiger partial charge on any atom is 0.150 e. The third kappa shape index (κ3) is 3.04. The summed E-state index contributed by atoms with van der Waals surface area (Å²) < 4.78 is 0. The lowest BCUT2D eigenvalue weighted by atomic mass is 9.97. The third-order valence-corrected chi connectivity index (χ3v) is 2.74. The predicted molar refractivity (Wildman–Crippen MR) is 62.9 cm³/mol. The highest BCUT2D eigenvalue weighted by Crippen LogP contribution is 2.23. The van der Waals surface area contributed by atoms with E-state index in [-0.39, 0.29) is 0 Å². The first-order valence-corrected chi connectivity index (χ1v) is 5.61. The number of rotatable bonds is 5. The molecule has 2 atom stereocenters. The number of alkyl halides is 1. The van der Waals surface area contributed by atoms with Gasteiger partial charge in [-0.1, -0.05) is 12.1 Å². The zero-order valence-corrected chi connectivity index (χ0v) is 9.81. The fourth-order valence-electron chi connectivity index (χ4n) is 1.58. The van der Waals surface area contributed by atoms with Crippen molar-refractivity contribution in [3.05, 3.63) is 34.9 Å². The van der Waals surface area contributed by atoms with E-state index < -0.39 is 12.2 Å². The molecule has 4 heteroatoms. The Hall–Kier alpha value is -0.900. The summed E-state index contributed by atoms with van der Waals surface area (Å²) in [6.07, 6.45) is -0.756. The van der Waals surface area contributed by atoms with Crippen molar-refractivity contribution in [3.63, 3.8) is 0 Å². The Kier molecular flexibility index (Phi) is 4.93. The van der Waals surface area contributed by atoms with Crippen LogP contribution in [-0.2, 0) is 0 Å². The quantitative estimate of drug-likeness (QED) is 0.612. The average Bonchev–Trinajstić information content (AvgIpc) is 2.28. The first kappa shape index (κ1) is 13.2. The van der Waals surface area contributed by atoms with Crippen molar-refractivity contribution in [1.82, 2.24) is 0 Å². The molecule has 0 saturated carbocycles. The lowest BCUT2D eigenvalue weighted by molar-refractivity contribution is 0.0166. The van der Waals surface area contributed by atoms with Gasteiger partial charge in [-0.15, -0.1) is 11.6 Å². The fourth-order valence-corrected chi connectivity index (χ4v) is 1.80. The summed E-state index contributed by atoms with van der Waals surface area (Å²) in [6, 6.07) is 4.95. The van der Waals surface area contributed by atoms with E-state index in [1.165, 1.54) is 0 Å². The number of hydrogen-bond donors (Lipinski definition) is 2. The SMILES string of the molecule is Cc1cc(C=O)ccc1C(O)C(O)CCCl. The van der Waals surface area contributed by atoms with E-state index in [0.717, 1.165) is 11.8 Å². The minimum absolute atomic E-state index is 0.295. The molecule has 0 aliphatic carbocycles. The Balaban J connectivity index is 2.91. The van der Waals surface area contributed by atoms with Crippen LogP contribution in [0, 0.1) is 6.92 Å². The van der Waals surface area contributed by atoms with Gasteiger partial charge in [0.2, 0.25) is 0 Å². The van der Waals surface area contributed by atoms with Crippen molar-refractivity contribution in [1.29, 1.82) is 0 Å². The minimum atomic E-state index is -0.959. The van der Waals surface area contributed by atoms with Crippen molar-refractivity contribution in [3.8, 4) is 0 Å². The van der Waals surface area contributed by atoms with E-state index in [4.69, 9.17) is 11.6 Å². The molecule has 0 fully saturated rings. The number of carbonyl (C=O) groups is 1. The second-order valence-electron chi connectivity index (χ2n) is 3.72. The van der Waals surface area contributed by atoms with Gasteiger partial charge >= 0.3 is 0 Å². The molecule has 0 bridgehead atoms. The Morgan fingerprint density at radius 2 is 2.12 bits per heavy atom. The Morgan fingerprint density at radius 3 is 2.62 bits per heavy atom. The van der Waals surface area contributed by atoms with Gasteiger partial charge in [-0.05, 0) is 30.5 Å². The smallest absolute Gasteiger partial charge is 0.150 e. The van der Waals surface area contributed by atoms with Crippen LogP contribution in [0.4, 0.5) is 0 Å². The molecule has 1 aromatic carbocycles. The van der Waals surface area contributed by atoms with Gasteiger partial charge in [0.1, 0.15) is 12.4 Å². The highest BCUT2D eigenvalue weighted by molar-refractivity contribution is 6.17. The number of aliphatic hydroxyl groups excluding tert-OH is 2. The van der Waals surface area contributed by atoms with Gasteiger partial charge in [-0.25, -0.2) is 0 Å². The van der Waals surface area contributed by atoms with Crippen molar-refractivity contribution in [2.75, 3.05) is 5.88 Å². The molecule has 2 N–H and O–H groups in total. The van der Waals surface area contributed by atoms with Gasteiger partial charge in [0.05, 0.1) is 6.10 Å².